The molecule has 0 spiro atoms. The number of carbonyl (C=O) groups is 1. The summed E-state index contributed by atoms with van der Waals surface area (Å²) in [5.41, 5.74) is 3.16. The van der Waals surface area contributed by atoms with Crippen LogP contribution in [0.2, 0.25) is 0 Å². The molecule has 1 aliphatic carbocycles. The first-order valence-electron chi connectivity index (χ1n) is 9.97. The smallest absolute Gasteiger partial charge is 0.233 e. The first-order valence-corrected chi connectivity index (χ1v) is 11.0. The van der Waals surface area contributed by atoms with Gasteiger partial charge in [0.15, 0.2) is 0 Å². The van der Waals surface area contributed by atoms with E-state index in [9.17, 15) is 10.1 Å². The summed E-state index contributed by atoms with van der Waals surface area (Å²) in [5, 5.41) is 10.6. The standard InChI is InChI=1S/C20H26N4O2S/c21-13-17-15-5-1-2-6-16(15)19(24-7-3-4-8-24)22-20(17)27-14-18(25)23-9-11-26-12-10-23/h1-12,14H2. The second-order valence-electron chi connectivity index (χ2n) is 7.37. The second kappa shape index (κ2) is 8.49. The molecule has 7 heteroatoms. The maximum Gasteiger partial charge on any atom is 0.233 e. The lowest BCUT2D eigenvalue weighted by atomic mass is 9.89. The van der Waals surface area contributed by atoms with E-state index in [2.05, 4.69) is 11.0 Å². The number of nitrogens with zero attached hydrogens (tertiary/aromatic N) is 4. The third kappa shape index (κ3) is 3.92. The summed E-state index contributed by atoms with van der Waals surface area (Å²) >= 11 is 1.43. The molecule has 27 heavy (non-hydrogen) atoms. The quantitative estimate of drug-likeness (QED) is 0.740. The molecule has 3 aliphatic rings. The minimum Gasteiger partial charge on any atom is -0.378 e. The third-order valence-electron chi connectivity index (χ3n) is 5.67. The van der Waals surface area contributed by atoms with Crippen molar-refractivity contribution in [3.63, 3.8) is 0 Å². The lowest BCUT2D eigenvalue weighted by Gasteiger charge is -2.28. The number of nitriles is 1. The minimum absolute atomic E-state index is 0.106. The minimum atomic E-state index is 0.106. The average molecular weight is 387 g/mol. The summed E-state index contributed by atoms with van der Waals surface area (Å²) in [6, 6.07) is 2.40. The molecule has 0 N–H and O–H groups in total. The largest absolute Gasteiger partial charge is 0.378 e. The van der Waals surface area contributed by atoms with Gasteiger partial charge in [-0.2, -0.15) is 5.26 Å². The number of anilines is 1. The number of fused-ring (bicyclic) bond motifs is 1. The summed E-state index contributed by atoms with van der Waals surface area (Å²) in [6.45, 7) is 4.61. The van der Waals surface area contributed by atoms with E-state index >= 15 is 0 Å². The van der Waals surface area contributed by atoms with Gasteiger partial charge in [-0.1, -0.05) is 11.8 Å². The first-order chi connectivity index (χ1) is 13.3. The van der Waals surface area contributed by atoms with Gasteiger partial charge in [-0.25, -0.2) is 4.98 Å². The Morgan fingerprint density at radius 1 is 1.07 bits per heavy atom. The highest BCUT2D eigenvalue weighted by Crippen LogP contribution is 2.37. The molecule has 2 aliphatic heterocycles. The average Bonchev–Trinajstić information content (AvgIpc) is 3.26. The van der Waals surface area contributed by atoms with Crippen LogP contribution >= 0.6 is 11.8 Å². The fourth-order valence-corrected chi connectivity index (χ4v) is 5.13. The highest BCUT2D eigenvalue weighted by Gasteiger charge is 2.27. The molecular formula is C20H26N4O2S. The summed E-state index contributed by atoms with van der Waals surface area (Å²) < 4.78 is 5.32. The first kappa shape index (κ1) is 18.6. The van der Waals surface area contributed by atoms with Gasteiger partial charge < -0.3 is 14.5 Å². The molecule has 0 bridgehead atoms. The van der Waals surface area contributed by atoms with Crippen LogP contribution in [0.5, 0.6) is 0 Å². The fourth-order valence-electron chi connectivity index (χ4n) is 4.22. The van der Waals surface area contributed by atoms with Gasteiger partial charge >= 0.3 is 0 Å². The maximum atomic E-state index is 12.5. The van der Waals surface area contributed by atoms with Gasteiger partial charge in [0.25, 0.3) is 0 Å². The van der Waals surface area contributed by atoms with Gasteiger partial charge in [-0.05, 0) is 49.7 Å². The van der Waals surface area contributed by atoms with E-state index in [4.69, 9.17) is 9.72 Å². The molecule has 0 radical (unpaired) electrons. The molecule has 1 aromatic heterocycles. The van der Waals surface area contributed by atoms with E-state index in [1.54, 1.807) is 0 Å². The summed E-state index contributed by atoms with van der Waals surface area (Å²) in [5.74, 6) is 1.51. The van der Waals surface area contributed by atoms with Crippen LogP contribution in [0.15, 0.2) is 5.03 Å². The van der Waals surface area contributed by atoms with Gasteiger partial charge in [0, 0.05) is 26.2 Å². The van der Waals surface area contributed by atoms with Crippen molar-refractivity contribution < 1.29 is 9.53 Å². The monoisotopic (exact) mass is 386 g/mol. The second-order valence-corrected chi connectivity index (χ2v) is 8.33. The molecule has 3 heterocycles. The Bertz CT molecular complexity index is 749. The fraction of sp³-hybridized carbons (Fsp3) is 0.650. The molecule has 6 nitrogen and oxygen atoms in total. The van der Waals surface area contributed by atoms with E-state index in [1.807, 2.05) is 4.90 Å². The molecule has 0 unspecified atom stereocenters. The van der Waals surface area contributed by atoms with Crippen molar-refractivity contribution in [3.8, 4) is 6.07 Å². The van der Waals surface area contributed by atoms with Crippen molar-refractivity contribution >= 4 is 23.5 Å². The topological polar surface area (TPSA) is 69.5 Å². The lowest BCUT2D eigenvalue weighted by molar-refractivity contribution is -0.132. The number of carbonyl (C=O) groups excluding carboxylic acids is 1. The highest BCUT2D eigenvalue weighted by atomic mass is 32.2. The molecule has 2 saturated heterocycles. The molecule has 0 aromatic carbocycles. The Morgan fingerprint density at radius 2 is 1.78 bits per heavy atom. The Labute approximate surface area is 164 Å². The van der Waals surface area contributed by atoms with Crippen LogP contribution in [0, 0.1) is 11.3 Å². The molecule has 1 amide bonds. The number of hydrogen-bond acceptors (Lipinski definition) is 6. The maximum absolute atomic E-state index is 12.5. The predicted octanol–water partition coefficient (Wildman–Crippen LogP) is 2.38. The zero-order valence-electron chi connectivity index (χ0n) is 15.7. The van der Waals surface area contributed by atoms with Gasteiger partial charge in [0.2, 0.25) is 5.91 Å². The van der Waals surface area contributed by atoms with Crippen LogP contribution in [0.3, 0.4) is 0 Å². The van der Waals surface area contributed by atoms with Crippen LogP contribution in [-0.2, 0) is 22.4 Å². The van der Waals surface area contributed by atoms with Crippen LogP contribution in [0.4, 0.5) is 5.82 Å². The summed E-state index contributed by atoms with van der Waals surface area (Å²) in [4.78, 5) is 21.7. The molecular weight excluding hydrogens is 360 g/mol. The van der Waals surface area contributed by atoms with Gasteiger partial charge in [0.05, 0.1) is 24.5 Å². The Hall–Kier alpha value is -1.78. The normalized spacial score (nSPS) is 19.7. The number of hydrogen-bond donors (Lipinski definition) is 0. The number of amides is 1. The van der Waals surface area contributed by atoms with E-state index in [0.717, 1.165) is 43.2 Å². The number of thioether (sulfide) groups is 1. The van der Waals surface area contributed by atoms with Crippen LogP contribution < -0.4 is 4.90 Å². The van der Waals surface area contributed by atoms with Crippen molar-refractivity contribution in [2.45, 2.75) is 43.6 Å². The van der Waals surface area contributed by atoms with Crippen LogP contribution in [-0.4, -0.2) is 60.9 Å². The number of rotatable bonds is 4. The number of ether oxygens (including phenoxy) is 1. The Morgan fingerprint density at radius 3 is 2.48 bits per heavy atom. The van der Waals surface area contributed by atoms with E-state index in [-0.39, 0.29) is 5.91 Å². The molecule has 2 fully saturated rings. The van der Waals surface area contributed by atoms with Crippen molar-refractivity contribution in [3.05, 3.63) is 16.7 Å². The SMILES string of the molecule is N#Cc1c(SCC(=O)N2CCOCC2)nc(N2CCCC2)c2c1CCCC2. The Balaban J connectivity index is 1.60. The zero-order chi connectivity index (χ0) is 18.6. The zero-order valence-corrected chi connectivity index (χ0v) is 16.5. The number of aromatic nitrogens is 1. The van der Waals surface area contributed by atoms with Crippen molar-refractivity contribution in [2.24, 2.45) is 0 Å². The van der Waals surface area contributed by atoms with E-state index in [0.29, 0.717) is 37.6 Å². The van der Waals surface area contributed by atoms with E-state index in [1.165, 1.54) is 42.2 Å². The van der Waals surface area contributed by atoms with Crippen molar-refractivity contribution in [1.29, 1.82) is 5.26 Å². The molecule has 0 atom stereocenters. The summed E-state index contributed by atoms with van der Waals surface area (Å²) in [6.07, 6.45) is 6.67. The van der Waals surface area contributed by atoms with Crippen LogP contribution in [0.1, 0.15) is 42.4 Å². The third-order valence-corrected chi connectivity index (χ3v) is 6.63. The Kier molecular flexibility index (Phi) is 5.84. The summed E-state index contributed by atoms with van der Waals surface area (Å²) in [7, 11) is 0. The highest BCUT2D eigenvalue weighted by molar-refractivity contribution is 8.00. The van der Waals surface area contributed by atoms with Crippen LogP contribution in [0.25, 0.3) is 0 Å². The van der Waals surface area contributed by atoms with E-state index < -0.39 is 0 Å². The molecule has 0 saturated carbocycles. The van der Waals surface area contributed by atoms with Gasteiger partial charge in [-0.15, -0.1) is 0 Å². The van der Waals surface area contributed by atoms with Crippen molar-refractivity contribution in [1.82, 2.24) is 9.88 Å². The molecule has 4 rings (SSSR count). The number of pyridine rings is 1. The van der Waals surface area contributed by atoms with Gasteiger partial charge in [0.1, 0.15) is 16.9 Å². The number of morpholine rings is 1. The predicted molar refractivity (Wildman–Crippen MR) is 105 cm³/mol. The lowest BCUT2D eigenvalue weighted by Crippen LogP contribution is -2.41. The van der Waals surface area contributed by atoms with Gasteiger partial charge in [-0.3, -0.25) is 4.79 Å². The van der Waals surface area contributed by atoms with Crippen molar-refractivity contribution in [2.75, 3.05) is 50.0 Å². The molecule has 144 valence electrons. The molecule has 1 aromatic rings.